The molecular weight excluding hydrogens is 599 g/mol. The number of rotatable bonds is 6. The summed E-state index contributed by atoms with van der Waals surface area (Å²) >= 11 is 6.43. The molecule has 0 radical (unpaired) electrons. The lowest BCUT2D eigenvalue weighted by atomic mass is 10.1. The SMILES string of the molecule is CCCC[C@H](NC(=O)c1cc(I)cc(I)c1I)C(=O)O. The summed E-state index contributed by atoms with van der Waals surface area (Å²) in [7, 11) is 0. The highest BCUT2D eigenvalue weighted by Crippen LogP contribution is 2.23. The number of amides is 1. The van der Waals surface area contributed by atoms with E-state index in [1.807, 2.05) is 13.0 Å². The molecule has 1 aromatic rings. The van der Waals surface area contributed by atoms with Crippen molar-refractivity contribution in [1.29, 1.82) is 0 Å². The van der Waals surface area contributed by atoms with Crippen LogP contribution in [0, 0.1) is 10.7 Å². The quantitative estimate of drug-likeness (QED) is 0.379. The molecule has 1 atom stereocenters. The molecule has 0 spiro atoms. The van der Waals surface area contributed by atoms with Crippen molar-refractivity contribution >= 4 is 79.6 Å². The Balaban J connectivity index is 2.92. The fourth-order valence-electron chi connectivity index (χ4n) is 1.62. The normalized spacial score (nSPS) is 12.0. The molecule has 0 saturated heterocycles. The van der Waals surface area contributed by atoms with Gasteiger partial charge < -0.3 is 10.4 Å². The van der Waals surface area contributed by atoms with Gasteiger partial charge in [-0.05, 0) is 86.3 Å². The van der Waals surface area contributed by atoms with Gasteiger partial charge in [-0.1, -0.05) is 19.8 Å². The summed E-state index contributed by atoms with van der Waals surface area (Å²) < 4.78 is 2.79. The predicted octanol–water partition coefficient (Wildman–Crippen LogP) is 3.87. The van der Waals surface area contributed by atoms with Crippen molar-refractivity contribution in [2.45, 2.75) is 32.2 Å². The van der Waals surface area contributed by atoms with Crippen LogP contribution >= 0.6 is 67.8 Å². The molecule has 1 amide bonds. The van der Waals surface area contributed by atoms with Gasteiger partial charge in [0.25, 0.3) is 5.91 Å². The van der Waals surface area contributed by atoms with Crippen LogP contribution in [0.15, 0.2) is 12.1 Å². The monoisotopic (exact) mass is 613 g/mol. The third-order valence-electron chi connectivity index (χ3n) is 2.69. The lowest BCUT2D eigenvalue weighted by molar-refractivity contribution is -0.139. The molecule has 2 N–H and O–H groups in total. The minimum Gasteiger partial charge on any atom is -0.480 e. The van der Waals surface area contributed by atoms with Crippen molar-refractivity contribution in [3.05, 3.63) is 28.4 Å². The first-order valence-electron chi connectivity index (χ1n) is 6.05. The molecule has 1 rings (SSSR count). The van der Waals surface area contributed by atoms with Crippen molar-refractivity contribution < 1.29 is 14.7 Å². The molecule has 0 saturated carbocycles. The summed E-state index contributed by atoms with van der Waals surface area (Å²) in [6.07, 6.45) is 2.13. The Morgan fingerprint density at radius 3 is 2.50 bits per heavy atom. The Hall–Kier alpha value is 0.350. The van der Waals surface area contributed by atoms with Gasteiger partial charge in [-0.3, -0.25) is 4.79 Å². The molecule has 1 aromatic carbocycles. The Morgan fingerprint density at radius 2 is 1.95 bits per heavy atom. The summed E-state index contributed by atoms with van der Waals surface area (Å²) in [6, 6.07) is 2.93. The number of carbonyl (C=O) groups excluding carboxylic acids is 1. The number of carboxylic acids is 1. The summed E-state index contributed by atoms with van der Waals surface area (Å²) in [5.74, 6) is -1.31. The topological polar surface area (TPSA) is 66.4 Å². The Morgan fingerprint density at radius 1 is 1.30 bits per heavy atom. The predicted molar refractivity (Wildman–Crippen MR) is 103 cm³/mol. The fraction of sp³-hybridized carbons (Fsp3) is 0.385. The highest BCUT2D eigenvalue weighted by molar-refractivity contribution is 14.1. The minimum atomic E-state index is -0.984. The van der Waals surface area contributed by atoms with Crippen LogP contribution in [-0.4, -0.2) is 23.0 Å². The van der Waals surface area contributed by atoms with Crippen molar-refractivity contribution in [3.8, 4) is 0 Å². The third kappa shape index (κ3) is 5.28. The number of halogens is 3. The molecule has 4 nitrogen and oxygen atoms in total. The van der Waals surface area contributed by atoms with Crippen LogP contribution in [0.3, 0.4) is 0 Å². The molecule has 0 heterocycles. The molecule has 0 aliphatic carbocycles. The molecule has 20 heavy (non-hydrogen) atoms. The van der Waals surface area contributed by atoms with Gasteiger partial charge in [-0.2, -0.15) is 0 Å². The molecule has 7 heteroatoms. The van der Waals surface area contributed by atoms with Crippen molar-refractivity contribution in [2.75, 3.05) is 0 Å². The standard InChI is InChI=1S/C13H14I3NO3/c1-2-3-4-10(13(19)20)17-12(18)8-5-7(14)6-9(15)11(8)16/h5-6,10H,2-4H2,1H3,(H,17,18)(H,19,20)/t10-/m0/s1. The second-order valence-corrected chi connectivity index (χ2v) is 7.74. The highest BCUT2D eigenvalue weighted by atomic mass is 127. The van der Waals surface area contributed by atoms with Gasteiger partial charge in [0, 0.05) is 10.7 Å². The van der Waals surface area contributed by atoms with Crippen LogP contribution in [-0.2, 0) is 4.79 Å². The first-order valence-corrected chi connectivity index (χ1v) is 9.28. The molecule has 0 bridgehead atoms. The summed E-state index contributed by atoms with van der Waals surface area (Å²) in [6.45, 7) is 1.99. The zero-order valence-corrected chi connectivity index (χ0v) is 17.2. The first kappa shape index (κ1) is 18.4. The number of hydrogen-bond acceptors (Lipinski definition) is 2. The van der Waals surface area contributed by atoms with E-state index < -0.39 is 12.0 Å². The number of unbranched alkanes of at least 4 members (excludes halogenated alkanes) is 1. The molecule has 0 aliphatic heterocycles. The van der Waals surface area contributed by atoms with E-state index in [1.54, 1.807) is 6.07 Å². The number of benzene rings is 1. The van der Waals surface area contributed by atoms with Gasteiger partial charge in [-0.15, -0.1) is 0 Å². The fourth-order valence-corrected chi connectivity index (χ4v) is 4.02. The zero-order valence-electron chi connectivity index (χ0n) is 10.8. The summed E-state index contributed by atoms with van der Waals surface area (Å²) in [5, 5.41) is 11.8. The van der Waals surface area contributed by atoms with Crippen LogP contribution in [0.2, 0.25) is 0 Å². The average molecular weight is 613 g/mol. The maximum Gasteiger partial charge on any atom is 0.326 e. The Kier molecular flexibility index (Phi) is 8.01. The van der Waals surface area contributed by atoms with E-state index in [-0.39, 0.29) is 5.91 Å². The van der Waals surface area contributed by atoms with Gasteiger partial charge in [0.05, 0.1) is 5.56 Å². The first-order chi connectivity index (χ1) is 9.36. The average Bonchev–Trinajstić information content (AvgIpc) is 2.38. The van der Waals surface area contributed by atoms with E-state index >= 15 is 0 Å². The molecule has 0 aliphatic rings. The van der Waals surface area contributed by atoms with Gasteiger partial charge in [0.15, 0.2) is 0 Å². The van der Waals surface area contributed by atoms with Crippen LogP contribution < -0.4 is 5.32 Å². The number of carbonyl (C=O) groups is 2. The number of hydrogen-bond donors (Lipinski definition) is 2. The molecular formula is C13H14I3NO3. The van der Waals surface area contributed by atoms with Crippen molar-refractivity contribution in [3.63, 3.8) is 0 Å². The zero-order chi connectivity index (χ0) is 15.3. The second kappa shape index (κ2) is 8.71. The van der Waals surface area contributed by atoms with E-state index in [0.717, 1.165) is 23.6 Å². The lowest BCUT2D eigenvalue weighted by Crippen LogP contribution is -2.41. The smallest absolute Gasteiger partial charge is 0.326 e. The van der Waals surface area contributed by atoms with E-state index in [0.29, 0.717) is 12.0 Å². The van der Waals surface area contributed by atoms with Gasteiger partial charge in [0.1, 0.15) is 6.04 Å². The van der Waals surface area contributed by atoms with E-state index in [4.69, 9.17) is 5.11 Å². The number of aliphatic carboxylic acids is 1. The van der Waals surface area contributed by atoms with Gasteiger partial charge >= 0.3 is 5.97 Å². The summed E-state index contributed by atoms with van der Waals surface area (Å²) in [4.78, 5) is 23.4. The number of carboxylic acid groups (broad SMARTS) is 1. The van der Waals surface area contributed by atoms with Crippen LogP contribution in [0.4, 0.5) is 0 Å². The van der Waals surface area contributed by atoms with Gasteiger partial charge in [-0.25, -0.2) is 4.79 Å². The van der Waals surface area contributed by atoms with E-state index in [9.17, 15) is 9.59 Å². The highest BCUT2D eigenvalue weighted by Gasteiger charge is 2.22. The third-order valence-corrected chi connectivity index (χ3v) is 6.36. The van der Waals surface area contributed by atoms with Crippen LogP contribution in [0.5, 0.6) is 0 Å². The maximum absolute atomic E-state index is 12.3. The van der Waals surface area contributed by atoms with Gasteiger partial charge in [0.2, 0.25) is 0 Å². The molecule has 0 unspecified atom stereocenters. The van der Waals surface area contributed by atoms with Crippen LogP contribution in [0.1, 0.15) is 36.5 Å². The lowest BCUT2D eigenvalue weighted by Gasteiger charge is -2.15. The largest absolute Gasteiger partial charge is 0.480 e. The summed E-state index contributed by atoms with van der Waals surface area (Å²) in [5.41, 5.74) is 0.532. The second-order valence-electron chi connectivity index (χ2n) is 4.26. The molecule has 0 fully saturated rings. The van der Waals surface area contributed by atoms with E-state index in [2.05, 4.69) is 73.1 Å². The molecule has 110 valence electrons. The Labute approximate surface area is 158 Å². The molecule has 0 aromatic heterocycles. The number of nitrogens with one attached hydrogen (secondary N) is 1. The Bertz CT molecular complexity index is 520. The minimum absolute atomic E-state index is 0.325. The maximum atomic E-state index is 12.3. The van der Waals surface area contributed by atoms with Crippen LogP contribution in [0.25, 0.3) is 0 Å². The van der Waals surface area contributed by atoms with Crippen molar-refractivity contribution in [2.24, 2.45) is 0 Å². The van der Waals surface area contributed by atoms with E-state index in [1.165, 1.54) is 0 Å². The van der Waals surface area contributed by atoms with Crippen molar-refractivity contribution in [1.82, 2.24) is 5.32 Å².